The highest BCUT2D eigenvalue weighted by molar-refractivity contribution is 14.1. The Bertz CT molecular complexity index is 915. The van der Waals surface area contributed by atoms with Gasteiger partial charge >= 0.3 is 4.38 Å². The van der Waals surface area contributed by atoms with E-state index >= 15 is 0 Å². The van der Waals surface area contributed by atoms with E-state index < -0.39 is 24.1 Å². The fraction of sp³-hybridized carbons (Fsp3) is 0. The Labute approximate surface area is 160 Å². The highest BCUT2D eigenvalue weighted by Gasteiger charge is 2.43. The molecule has 0 N–H and O–H groups in total. The standard InChI is InChI=1S/C13H8I2N2O4S2/c14-9-1-5-11(6-2-9)22(18,19)13(17-16)23(20,21)12-7-3-10(15)4-8-12/h1-8H. The molecular weight excluding hydrogens is 566 g/mol. The summed E-state index contributed by atoms with van der Waals surface area (Å²) in [5, 5.41) is 0. The van der Waals surface area contributed by atoms with Crippen molar-refractivity contribution in [3.63, 3.8) is 0 Å². The van der Waals surface area contributed by atoms with E-state index in [-0.39, 0.29) is 9.79 Å². The second-order valence-electron chi connectivity index (χ2n) is 4.28. The van der Waals surface area contributed by atoms with Crippen molar-refractivity contribution < 1.29 is 21.6 Å². The third-order valence-corrected chi connectivity index (χ3v) is 8.41. The van der Waals surface area contributed by atoms with Crippen molar-refractivity contribution in [2.24, 2.45) is 0 Å². The van der Waals surface area contributed by atoms with E-state index in [0.717, 1.165) is 7.14 Å². The summed E-state index contributed by atoms with van der Waals surface area (Å²) in [6, 6.07) is 11.1. The van der Waals surface area contributed by atoms with Crippen molar-refractivity contribution >= 4 is 69.2 Å². The molecule has 0 fully saturated rings. The van der Waals surface area contributed by atoms with Crippen LogP contribution < -0.4 is 0 Å². The molecule has 0 bridgehead atoms. The third kappa shape index (κ3) is 3.82. The van der Waals surface area contributed by atoms with E-state index in [1.165, 1.54) is 48.5 Å². The zero-order valence-corrected chi connectivity index (χ0v) is 17.2. The molecule has 2 rings (SSSR count). The van der Waals surface area contributed by atoms with Gasteiger partial charge in [-0.05, 0) is 93.7 Å². The van der Waals surface area contributed by atoms with Crippen LogP contribution in [-0.2, 0) is 19.7 Å². The minimum atomic E-state index is -4.48. The summed E-state index contributed by atoms with van der Waals surface area (Å²) in [4.78, 5) is 2.04. The van der Waals surface area contributed by atoms with Gasteiger partial charge in [-0.25, -0.2) is 16.8 Å². The van der Waals surface area contributed by atoms with Crippen LogP contribution in [0.3, 0.4) is 0 Å². The molecule has 0 aromatic heterocycles. The zero-order valence-electron chi connectivity index (χ0n) is 11.2. The summed E-state index contributed by atoms with van der Waals surface area (Å²) >= 11 is 3.97. The number of hydrogen-bond donors (Lipinski definition) is 0. The SMILES string of the molecule is [N-]=[N+]=C(S(=O)(=O)c1ccc(I)cc1)S(=O)(=O)c1ccc(I)cc1. The normalized spacial score (nSPS) is 11.7. The molecule has 0 heterocycles. The van der Waals surface area contributed by atoms with Gasteiger partial charge in [0.05, 0.1) is 9.79 Å². The fourth-order valence-corrected chi connectivity index (χ4v) is 5.74. The summed E-state index contributed by atoms with van der Waals surface area (Å²) in [6.07, 6.45) is 0. The molecule has 0 aliphatic heterocycles. The molecule has 6 nitrogen and oxygen atoms in total. The topological polar surface area (TPSA) is 105 Å². The molecule has 2 aromatic rings. The predicted molar refractivity (Wildman–Crippen MR) is 101 cm³/mol. The second-order valence-corrected chi connectivity index (χ2v) is 10.8. The number of sulfone groups is 2. The van der Waals surface area contributed by atoms with Gasteiger partial charge in [-0.3, -0.25) is 0 Å². The predicted octanol–water partition coefficient (Wildman–Crippen LogP) is 2.73. The van der Waals surface area contributed by atoms with Gasteiger partial charge in [0.15, 0.2) is 0 Å². The molecule has 0 atom stereocenters. The average molecular weight is 574 g/mol. The first kappa shape index (κ1) is 18.5. The number of halogens is 2. The average Bonchev–Trinajstić information content (AvgIpc) is 2.48. The maximum atomic E-state index is 12.5. The lowest BCUT2D eigenvalue weighted by Crippen LogP contribution is -2.26. The van der Waals surface area contributed by atoms with Gasteiger partial charge < -0.3 is 5.53 Å². The van der Waals surface area contributed by atoms with Crippen molar-refractivity contribution in [2.45, 2.75) is 9.79 Å². The summed E-state index contributed by atoms with van der Waals surface area (Å²) in [5.74, 6) is 0. The van der Waals surface area contributed by atoms with Crippen LogP contribution in [0, 0.1) is 7.14 Å². The highest BCUT2D eigenvalue weighted by Crippen LogP contribution is 2.21. The number of hydrogen-bond acceptors (Lipinski definition) is 4. The molecule has 120 valence electrons. The monoisotopic (exact) mass is 574 g/mol. The maximum Gasteiger partial charge on any atom is 0.504 e. The Hall–Kier alpha value is -0.820. The van der Waals surface area contributed by atoms with Crippen LogP contribution in [-0.4, -0.2) is 26.0 Å². The minimum Gasteiger partial charge on any atom is -0.359 e. The van der Waals surface area contributed by atoms with Crippen LogP contribution >= 0.6 is 45.2 Å². The van der Waals surface area contributed by atoms with E-state index in [0.29, 0.717) is 0 Å². The number of nitrogens with zero attached hydrogens (tertiary/aromatic N) is 2. The largest absolute Gasteiger partial charge is 0.504 e. The van der Waals surface area contributed by atoms with E-state index in [1.807, 2.05) is 45.2 Å². The maximum absolute atomic E-state index is 12.5. The Balaban J connectivity index is 2.61. The third-order valence-electron chi connectivity index (χ3n) is 2.79. The van der Waals surface area contributed by atoms with Crippen molar-refractivity contribution in [1.82, 2.24) is 0 Å². The van der Waals surface area contributed by atoms with Crippen LogP contribution in [0.5, 0.6) is 0 Å². The molecule has 0 saturated heterocycles. The molecule has 0 aliphatic carbocycles. The summed E-state index contributed by atoms with van der Waals surface area (Å²) in [5.41, 5.74) is 9.06. The Morgan fingerprint density at radius 2 is 1.04 bits per heavy atom. The van der Waals surface area contributed by atoms with Crippen LogP contribution in [0.1, 0.15) is 0 Å². The van der Waals surface area contributed by atoms with E-state index in [2.05, 4.69) is 4.79 Å². The number of benzene rings is 2. The highest BCUT2D eigenvalue weighted by atomic mass is 127. The van der Waals surface area contributed by atoms with Crippen molar-refractivity contribution in [3.05, 3.63) is 61.2 Å². The molecule has 0 radical (unpaired) electrons. The fourth-order valence-electron chi connectivity index (χ4n) is 1.68. The Kier molecular flexibility index (Phi) is 5.61. The van der Waals surface area contributed by atoms with Crippen LogP contribution in [0.2, 0.25) is 0 Å². The molecular formula is C13H8I2N2O4S2. The molecule has 23 heavy (non-hydrogen) atoms. The Morgan fingerprint density at radius 3 is 1.30 bits per heavy atom. The zero-order chi connectivity index (χ0) is 17.3. The van der Waals surface area contributed by atoms with Gasteiger partial charge in [-0.2, -0.15) is 0 Å². The van der Waals surface area contributed by atoms with E-state index in [1.54, 1.807) is 0 Å². The van der Waals surface area contributed by atoms with Crippen LogP contribution in [0.25, 0.3) is 5.53 Å². The van der Waals surface area contributed by atoms with Crippen molar-refractivity contribution in [3.8, 4) is 0 Å². The lowest BCUT2D eigenvalue weighted by molar-refractivity contribution is 0.00380. The first-order valence-corrected chi connectivity index (χ1v) is 11.1. The molecule has 2 aromatic carbocycles. The lowest BCUT2D eigenvalue weighted by atomic mass is 10.4. The molecule has 10 heteroatoms. The van der Waals surface area contributed by atoms with E-state index in [9.17, 15) is 16.8 Å². The lowest BCUT2D eigenvalue weighted by Gasteiger charge is -2.03. The van der Waals surface area contributed by atoms with Gasteiger partial charge in [0, 0.05) is 7.14 Å². The van der Waals surface area contributed by atoms with Crippen molar-refractivity contribution in [2.75, 3.05) is 0 Å². The molecule has 0 amide bonds. The minimum absolute atomic E-state index is 0.264. The van der Waals surface area contributed by atoms with Crippen LogP contribution in [0.15, 0.2) is 58.3 Å². The van der Waals surface area contributed by atoms with E-state index in [4.69, 9.17) is 5.53 Å². The smallest absolute Gasteiger partial charge is 0.359 e. The summed E-state index contributed by atoms with van der Waals surface area (Å²) in [6.45, 7) is 0. The van der Waals surface area contributed by atoms with Gasteiger partial charge in [-0.1, -0.05) is 0 Å². The summed E-state index contributed by atoms with van der Waals surface area (Å²) < 4.78 is 50.2. The van der Waals surface area contributed by atoms with Crippen LogP contribution in [0.4, 0.5) is 0 Å². The number of rotatable bonds is 2. The molecule has 0 aliphatic rings. The first-order valence-electron chi connectivity index (χ1n) is 5.93. The molecule has 0 spiro atoms. The van der Waals surface area contributed by atoms with Gasteiger partial charge in [0.2, 0.25) is 0 Å². The summed E-state index contributed by atoms with van der Waals surface area (Å²) in [7, 11) is -8.95. The quantitative estimate of drug-likeness (QED) is 0.181. The van der Waals surface area contributed by atoms with Gasteiger partial charge in [-0.15, -0.1) is 4.79 Å². The molecule has 0 saturated carbocycles. The Morgan fingerprint density at radius 1 is 0.739 bits per heavy atom. The first-order chi connectivity index (χ1) is 10.7. The van der Waals surface area contributed by atoms with Crippen molar-refractivity contribution in [1.29, 1.82) is 0 Å². The second kappa shape index (κ2) is 6.97. The van der Waals surface area contributed by atoms with Gasteiger partial charge in [0.25, 0.3) is 19.7 Å². The molecule has 0 unspecified atom stereocenters. The van der Waals surface area contributed by atoms with Gasteiger partial charge in [0.1, 0.15) is 0 Å².